The quantitative estimate of drug-likeness (QED) is 0.517. The Bertz CT molecular complexity index is 1160. The molecule has 6 rings (SSSR count). The highest BCUT2D eigenvalue weighted by molar-refractivity contribution is 5.57. The van der Waals surface area contributed by atoms with Crippen LogP contribution in [0.25, 0.3) is 0 Å². The van der Waals surface area contributed by atoms with Gasteiger partial charge in [0, 0.05) is 63.0 Å². The maximum absolute atomic E-state index is 14.9. The molecule has 1 aromatic heterocycles. The highest BCUT2D eigenvalue weighted by atomic mass is 19.3. The van der Waals surface area contributed by atoms with Crippen LogP contribution in [-0.2, 0) is 17.7 Å². The van der Waals surface area contributed by atoms with E-state index < -0.39 is 17.7 Å². The second kappa shape index (κ2) is 9.88. The number of likely N-dealkylation sites (tertiary alicyclic amines) is 1. The molecule has 0 amide bonds. The Kier molecular flexibility index (Phi) is 6.68. The average molecular weight is 532 g/mol. The molecule has 206 valence electrons. The number of methoxy groups -OCH3 is 1. The maximum atomic E-state index is 14.9. The molecule has 0 unspecified atom stereocenters. The number of hydrogen-bond acceptors (Lipinski definition) is 7. The third-order valence-electron chi connectivity index (χ3n) is 8.50. The number of aryl methyl sites for hydroxylation is 1. The number of aromatic nitrogens is 1. The van der Waals surface area contributed by atoms with Crippen LogP contribution in [0.3, 0.4) is 0 Å². The smallest absolute Gasteiger partial charge is 0.267 e. The molecule has 7 nitrogen and oxygen atoms in total. The van der Waals surface area contributed by atoms with Gasteiger partial charge >= 0.3 is 0 Å². The summed E-state index contributed by atoms with van der Waals surface area (Å²) in [5, 5.41) is 0. The monoisotopic (exact) mass is 531 g/mol. The molecule has 3 saturated heterocycles. The standard InChI is InChI=1S/C28H36F3N5O2/c1-3-20-4-5-24-21(8-20)11-33(18-28(30,31)22-12-38-13-22)6-7-35(24)19-34-14-27(15-34)16-36(17-27)26-25(37-2)9-23(29)10-32-26/h4-5,8-10,22H,3,6-7,11-19H2,1-2H3. The van der Waals surface area contributed by atoms with Gasteiger partial charge in [0.05, 0.1) is 45.7 Å². The molecule has 1 spiro atoms. The van der Waals surface area contributed by atoms with Gasteiger partial charge in [0.25, 0.3) is 5.92 Å². The number of ether oxygens (including phenoxy) is 2. The van der Waals surface area contributed by atoms with Crippen molar-refractivity contribution >= 4 is 11.5 Å². The average Bonchev–Trinajstić information content (AvgIpc) is 2.96. The van der Waals surface area contributed by atoms with Crippen molar-refractivity contribution in [2.45, 2.75) is 25.8 Å². The fourth-order valence-electron chi connectivity index (χ4n) is 6.34. The summed E-state index contributed by atoms with van der Waals surface area (Å²) in [5.74, 6) is -2.66. The second-order valence-corrected chi connectivity index (χ2v) is 11.5. The van der Waals surface area contributed by atoms with E-state index >= 15 is 0 Å². The van der Waals surface area contributed by atoms with Crippen LogP contribution in [0.2, 0.25) is 0 Å². The lowest BCUT2D eigenvalue weighted by molar-refractivity contribution is -0.178. The van der Waals surface area contributed by atoms with E-state index in [0.717, 1.165) is 50.5 Å². The molecule has 3 fully saturated rings. The van der Waals surface area contributed by atoms with Gasteiger partial charge in [-0.3, -0.25) is 9.80 Å². The topological polar surface area (TPSA) is 44.3 Å². The Labute approximate surface area is 222 Å². The molecule has 4 aliphatic heterocycles. The second-order valence-electron chi connectivity index (χ2n) is 11.5. The predicted molar refractivity (Wildman–Crippen MR) is 140 cm³/mol. The van der Waals surface area contributed by atoms with Gasteiger partial charge in [-0.1, -0.05) is 19.1 Å². The molecule has 5 heterocycles. The van der Waals surface area contributed by atoms with E-state index in [1.54, 1.807) is 0 Å². The number of alkyl halides is 2. The number of rotatable bonds is 8. The SMILES string of the molecule is CCc1ccc2c(c1)CN(CC(F)(F)C1COC1)CCN2CN1CC2(C1)CN(c1ncc(F)cc1OC)C2. The van der Waals surface area contributed by atoms with Crippen LogP contribution in [0.5, 0.6) is 5.75 Å². The van der Waals surface area contributed by atoms with Crippen molar-refractivity contribution in [3.63, 3.8) is 0 Å². The molecule has 0 atom stereocenters. The van der Waals surface area contributed by atoms with Crippen LogP contribution < -0.4 is 14.5 Å². The van der Waals surface area contributed by atoms with Gasteiger partial charge in [0.2, 0.25) is 0 Å². The van der Waals surface area contributed by atoms with Crippen molar-refractivity contribution in [1.82, 2.24) is 14.8 Å². The summed E-state index contributed by atoms with van der Waals surface area (Å²) >= 11 is 0. The number of nitrogens with zero attached hydrogens (tertiary/aromatic N) is 5. The highest BCUT2D eigenvalue weighted by Crippen LogP contribution is 2.44. The normalized spacial score (nSPS) is 21.9. The van der Waals surface area contributed by atoms with Crippen LogP contribution in [0.15, 0.2) is 30.5 Å². The van der Waals surface area contributed by atoms with Crippen molar-refractivity contribution < 1.29 is 22.6 Å². The first-order chi connectivity index (χ1) is 18.3. The fraction of sp³-hybridized carbons (Fsp3) is 0.607. The van der Waals surface area contributed by atoms with E-state index in [0.29, 0.717) is 31.2 Å². The lowest BCUT2D eigenvalue weighted by atomic mass is 9.73. The van der Waals surface area contributed by atoms with Crippen LogP contribution in [0.4, 0.5) is 24.7 Å². The van der Waals surface area contributed by atoms with E-state index in [9.17, 15) is 13.2 Å². The van der Waals surface area contributed by atoms with Crippen LogP contribution in [-0.4, -0.2) is 93.5 Å². The van der Waals surface area contributed by atoms with E-state index in [1.807, 2.05) is 4.90 Å². The van der Waals surface area contributed by atoms with E-state index in [-0.39, 0.29) is 25.2 Å². The van der Waals surface area contributed by atoms with Crippen LogP contribution >= 0.6 is 0 Å². The molecule has 0 bridgehead atoms. The van der Waals surface area contributed by atoms with Gasteiger partial charge in [-0.05, 0) is 23.6 Å². The Morgan fingerprint density at radius 2 is 1.89 bits per heavy atom. The first-order valence-corrected chi connectivity index (χ1v) is 13.5. The van der Waals surface area contributed by atoms with Crippen molar-refractivity contribution in [3.05, 3.63) is 47.4 Å². The highest BCUT2D eigenvalue weighted by Gasteiger charge is 2.53. The summed E-state index contributed by atoms with van der Waals surface area (Å²) in [6, 6.07) is 7.89. The molecular formula is C28H36F3N5O2. The van der Waals surface area contributed by atoms with E-state index in [1.165, 1.54) is 24.9 Å². The summed E-state index contributed by atoms with van der Waals surface area (Å²) < 4.78 is 53.6. The molecule has 0 radical (unpaired) electrons. The Balaban J connectivity index is 1.09. The summed E-state index contributed by atoms with van der Waals surface area (Å²) in [7, 11) is 1.53. The van der Waals surface area contributed by atoms with Crippen LogP contribution in [0.1, 0.15) is 18.1 Å². The van der Waals surface area contributed by atoms with Gasteiger partial charge < -0.3 is 19.3 Å². The van der Waals surface area contributed by atoms with Crippen molar-refractivity contribution in [2.75, 3.05) is 82.6 Å². The lowest BCUT2D eigenvalue weighted by Crippen LogP contribution is -2.73. The number of benzene rings is 1. The maximum Gasteiger partial charge on any atom is 0.267 e. The van der Waals surface area contributed by atoms with Gasteiger partial charge in [-0.25, -0.2) is 18.2 Å². The Morgan fingerprint density at radius 1 is 1.11 bits per heavy atom. The number of fused-ring (bicyclic) bond motifs is 1. The van der Waals surface area contributed by atoms with Crippen molar-refractivity contribution in [1.29, 1.82) is 0 Å². The van der Waals surface area contributed by atoms with Gasteiger partial charge in [-0.15, -0.1) is 0 Å². The molecule has 10 heteroatoms. The third-order valence-corrected chi connectivity index (χ3v) is 8.50. The zero-order valence-electron chi connectivity index (χ0n) is 22.1. The molecular weight excluding hydrogens is 495 g/mol. The molecule has 0 aliphatic carbocycles. The zero-order valence-corrected chi connectivity index (χ0v) is 22.1. The number of halogens is 3. The minimum Gasteiger partial charge on any atom is -0.493 e. The summed E-state index contributed by atoms with van der Waals surface area (Å²) in [5.41, 5.74) is 3.71. The Hall–Kier alpha value is -2.56. The fourth-order valence-corrected chi connectivity index (χ4v) is 6.34. The van der Waals surface area contributed by atoms with Gasteiger partial charge in [0.15, 0.2) is 11.6 Å². The minimum absolute atomic E-state index is 0.154. The van der Waals surface area contributed by atoms with Crippen molar-refractivity contribution in [2.24, 2.45) is 11.3 Å². The zero-order chi connectivity index (χ0) is 26.5. The van der Waals surface area contributed by atoms with Gasteiger partial charge in [-0.2, -0.15) is 0 Å². The summed E-state index contributed by atoms with van der Waals surface area (Å²) in [4.78, 5) is 13.1. The van der Waals surface area contributed by atoms with Crippen molar-refractivity contribution in [3.8, 4) is 5.75 Å². The number of pyridine rings is 1. The lowest BCUT2D eigenvalue weighted by Gasteiger charge is -2.61. The van der Waals surface area contributed by atoms with Crippen LogP contribution in [0, 0.1) is 17.2 Å². The van der Waals surface area contributed by atoms with E-state index in [4.69, 9.17) is 9.47 Å². The number of anilines is 2. The molecule has 0 saturated carbocycles. The summed E-state index contributed by atoms with van der Waals surface area (Å²) in [6.07, 6.45) is 2.15. The van der Waals surface area contributed by atoms with Gasteiger partial charge in [0.1, 0.15) is 5.82 Å². The third kappa shape index (κ3) is 4.82. The van der Waals surface area contributed by atoms with E-state index in [2.05, 4.69) is 44.8 Å². The summed E-state index contributed by atoms with van der Waals surface area (Å²) in [6.45, 7) is 8.49. The first kappa shape index (κ1) is 25.7. The Morgan fingerprint density at radius 3 is 2.58 bits per heavy atom. The number of hydrogen-bond donors (Lipinski definition) is 0. The largest absolute Gasteiger partial charge is 0.493 e. The molecule has 38 heavy (non-hydrogen) atoms. The first-order valence-electron chi connectivity index (χ1n) is 13.5. The molecule has 4 aliphatic rings. The minimum atomic E-state index is -2.74. The molecule has 1 aromatic carbocycles. The molecule has 2 aromatic rings. The predicted octanol–water partition coefficient (Wildman–Crippen LogP) is 3.48. The molecule has 0 N–H and O–H groups in total.